The molecule has 0 amide bonds. The summed E-state index contributed by atoms with van der Waals surface area (Å²) in [7, 11) is 9.53. The summed E-state index contributed by atoms with van der Waals surface area (Å²) in [5, 5.41) is 0. The van der Waals surface area contributed by atoms with Crippen LogP contribution in [-0.4, -0.2) is 11.2 Å². The summed E-state index contributed by atoms with van der Waals surface area (Å²) in [6.07, 6.45) is 3.67. The third kappa shape index (κ3) is 7.07. The Labute approximate surface area is 182 Å². The molecule has 0 N–H and O–H groups in total. The van der Waals surface area contributed by atoms with Crippen LogP contribution in [0, 0.1) is 27.7 Å². The number of nitrogens with zero attached hydrogens (tertiary/aromatic N) is 2. The Hall–Kier alpha value is -1.64. The van der Waals surface area contributed by atoms with Crippen molar-refractivity contribution in [2.45, 2.75) is 33.7 Å². The van der Waals surface area contributed by atoms with Gasteiger partial charge in [-0.15, -0.1) is 0 Å². The third-order valence-corrected chi connectivity index (χ3v) is 4.16. The predicted molar refractivity (Wildman–Crippen MR) is 117 cm³/mol. The number of aliphatic imine (C=N–C) groups is 1. The van der Waals surface area contributed by atoms with Gasteiger partial charge < -0.3 is 0 Å². The zero-order chi connectivity index (χ0) is 20.5. The molecule has 0 atom stereocenters. The number of pyridine rings is 1. The van der Waals surface area contributed by atoms with Crippen molar-refractivity contribution < 1.29 is 13.1 Å². The summed E-state index contributed by atoms with van der Waals surface area (Å²) in [5.41, 5.74) is 8.36. The number of rotatable bonds is 4. The molecule has 0 aliphatic rings. The minimum atomic E-state index is -0.0285. The van der Waals surface area contributed by atoms with Gasteiger partial charge in [-0.05, 0) is 51.0 Å². The van der Waals surface area contributed by atoms with Crippen molar-refractivity contribution in [1.82, 2.24) is 4.98 Å². The van der Waals surface area contributed by atoms with E-state index in [0.717, 1.165) is 5.69 Å². The van der Waals surface area contributed by atoms with E-state index in [4.69, 9.17) is 25.2 Å². The van der Waals surface area contributed by atoms with Crippen molar-refractivity contribution in [3.63, 3.8) is 0 Å². The first-order valence-corrected chi connectivity index (χ1v) is 11.9. The second kappa shape index (κ2) is 11.4. The molecule has 2 nitrogen and oxygen atoms in total. The number of halogens is 2. The van der Waals surface area contributed by atoms with Crippen molar-refractivity contribution in [3.05, 3.63) is 99.9 Å². The predicted octanol–water partition coefficient (Wildman–Crippen LogP) is 6.90. The molecule has 28 heavy (non-hydrogen) atoms. The Morgan fingerprint density at radius 3 is 1.68 bits per heavy atom. The van der Waals surface area contributed by atoms with Gasteiger partial charge in [0.15, 0.2) is 0 Å². The van der Waals surface area contributed by atoms with Crippen LogP contribution in [0.5, 0.6) is 0 Å². The summed E-state index contributed by atoms with van der Waals surface area (Å²) in [4.78, 5) is 9.27. The molecule has 0 aliphatic heterocycles. The molecule has 0 saturated carbocycles. The van der Waals surface area contributed by atoms with Crippen LogP contribution in [0.1, 0.15) is 45.1 Å². The summed E-state index contributed by atoms with van der Waals surface area (Å²) < 4.78 is 0. The zero-order valence-corrected chi connectivity index (χ0v) is 19.0. The van der Waals surface area contributed by atoms with Gasteiger partial charge in [0.1, 0.15) is 6.04 Å². The average Bonchev–Trinajstić information content (AvgIpc) is 2.62. The van der Waals surface area contributed by atoms with Gasteiger partial charge in [0.2, 0.25) is 0 Å². The van der Waals surface area contributed by atoms with Gasteiger partial charge in [-0.3, -0.25) is 9.98 Å². The molecule has 0 radical (unpaired) electrons. The van der Waals surface area contributed by atoms with Gasteiger partial charge in [-0.1, -0.05) is 64.7 Å². The van der Waals surface area contributed by atoms with Gasteiger partial charge in [0, 0.05) is 12.4 Å². The second-order valence-electron chi connectivity index (χ2n) is 6.83. The Bertz CT molecular complexity index is 835. The van der Waals surface area contributed by atoms with Gasteiger partial charge >= 0.3 is 33.3 Å². The average molecular weight is 455 g/mol. The standard InChI is InChI=1S/C23H24N2.2ClH.Fe/c1-16-9-17(2)12-20(11-16)23(21-13-18(3)10-19(4)14-21)25-15-22-7-5-6-8-24-22;;;/h5-15,23H,1-4H3;2*1H;/q;;;+2/p-2. The molecule has 0 spiro atoms. The van der Waals surface area contributed by atoms with Crippen LogP contribution in [0.4, 0.5) is 0 Å². The molecule has 3 rings (SSSR count). The number of hydrogen-bond donors (Lipinski definition) is 0. The Morgan fingerprint density at radius 2 is 1.29 bits per heavy atom. The second-order valence-corrected chi connectivity index (χ2v) is 8.65. The molecule has 0 fully saturated rings. The van der Waals surface area contributed by atoms with Crippen molar-refractivity contribution in [2.75, 3.05) is 0 Å². The molecule has 5 heteroatoms. The van der Waals surface area contributed by atoms with Crippen molar-refractivity contribution in [2.24, 2.45) is 4.99 Å². The van der Waals surface area contributed by atoms with Gasteiger partial charge in [0.05, 0.1) is 5.69 Å². The first kappa shape index (κ1) is 22.6. The van der Waals surface area contributed by atoms with E-state index in [-0.39, 0.29) is 19.2 Å². The summed E-state index contributed by atoms with van der Waals surface area (Å²) >= 11 is 0.194. The summed E-state index contributed by atoms with van der Waals surface area (Å²) in [6.45, 7) is 8.55. The molecule has 2 aromatic carbocycles. The Balaban J connectivity index is 0.000000878. The Morgan fingerprint density at radius 1 is 0.821 bits per heavy atom. The number of hydrogen-bond acceptors (Lipinski definition) is 2. The molecule has 0 unspecified atom stereocenters. The maximum absolute atomic E-state index is 4.91. The first-order valence-electron chi connectivity index (χ1n) is 8.88. The van der Waals surface area contributed by atoms with E-state index in [0.29, 0.717) is 0 Å². The molecule has 1 aromatic heterocycles. The number of benzene rings is 2. The van der Waals surface area contributed by atoms with Crippen LogP contribution in [0.3, 0.4) is 0 Å². The van der Waals surface area contributed by atoms with Crippen molar-refractivity contribution >= 4 is 26.4 Å². The van der Waals surface area contributed by atoms with Gasteiger partial charge in [-0.2, -0.15) is 0 Å². The van der Waals surface area contributed by atoms with Crippen LogP contribution in [0.25, 0.3) is 0 Å². The molecular weight excluding hydrogens is 431 g/mol. The maximum atomic E-state index is 4.91. The molecule has 0 saturated heterocycles. The molecule has 0 bridgehead atoms. The van der Waals surface area contributed by atoms with Crippen LogP contribution >= 0.6 is 20.2 Å². The minimum absolute atomic E-state index is 0.0285. The zero-order valence-electron chi connectivity index (χ0n) is 16.4. The normalized spacial score (nSPS) is 11.0. The van der Waals surface area contributed by atoms with Gasteiger partial charge in [0.25, 0.3) is 0 Å². The van der Waals surface area contributed by atoms with E-state index >= 15 is 0 Å². The van der Waals surface area contributed by atoms with Crippen molar-refractivity contribution in [3.8, 4) is 0 Å². The van der Waals surface area contributed by atoms with E-state index in [1.54, 1.807) is 6.20 Å². The summed E-state index contributed by atoms with van der Waals surface area (Å²) in [6, 6.07) is 19.2. The van der Waals surface area contributed by atoms with E-state index in [1.165, 1.54) is 33.4 Å². The van der Waals surface area contributed by atoms with Crippen molar-refractivity contribution in [1.29, 1.82) is 0 Å². The van der Waals surface area contributed by atoms with E-state index < -0.39 is 0 Å². The van der Waals surface area contributed by atoms with Gasteiger partial charge in [-0.25, -0.2) is 0 Å². The quantitative estimate of drug-likeness (QED) is 0.310. The number of aromatic nitrogens is 1. The topological polar surface area (TPSA) is 25.2 Å². The summed E-state index contributed by atoms with van der Waals surface area (Å²) in [5.74, 6) is 0. The van der Waals surface area contributed by atoms with Crippen LogP contribution in [-0.2, 0) is 13.1 Å². The molecular formula is C23H24Cl2FeN2. The Kier molecular flexibility index (Phi) is 9.21. The van der Waals surface area contributed by atoms with E-state index in [1.807, 2.05) is 24.4 Å². The van der Waals surface area contributed by atoms with E-state index in [2.05, 4.69) is 69.1 Å². The van der Waals surface area contributed by atoms with Crippen LogP contribution in [0.15, 0.2) is 65.8 Å². The molecule has 0 aliphatic carbocycles. The molecule has 1 heterocycles. The fraction of sp³-hybridized carbons (Fsp3) is 0.217. The number of aryl methyl sites for hydroxylation is 4. The SMILES string of the molecule is Cc1cc(C)cc(C(N=Cc2ccccn2)c2cc(C)cc(C)c2)c1.[Cl][Fe][Cl]. The van der Waals surface area contributed by atoms with Crippen LogP contribution in [0.2, 0.25) is 0 Å². The third-order valence-electron chi connectivity index (χ3n) is 4.16. The molecule has 148 valence electrons. The molecule has 3 aromatic rings. The fourth-order valence-electron chi connectivity index (χ4n) is 3.30. The fourth-order valence-corrected chi connectivity index (χ4v) is 3.30. The first-order chi connectivity index (χ1) is 13.4. The van der Waals surface area contributed by atoms with Crippen LogP contribution < -0.4 is 0 Å². The van der Waals surface area contributed by atoms with E-state index in [9.17, 15) is 0 Å². The monoisotopic (exact) mass is 454 g/mol.